The summed E-state index contributed by atoms with van der Waals surface area (Å²) < 4.78 is 0. The molecule has 19 heavy (non-hydrogen) atoms. The van der Waals surface area contributed by atoms with Crippen molar-refractivity contribution in [2.24, 2.45) is 4.99 Å². The van der Waals surface area contributed by atoms with E-state index in [1.807, 2.05) is 18.7 Å². The number of thiazole rings is 1. The number of nitrogens with zero attached hydrogens (tertiary/aromatic N) is 3. The standard InChI is InChI=1S/C13H24N4S2/c1-5-14-13(15-7-6-8-18-4)17(3)9-12-10-19-11(2)16-12/h10H,5-9H2,1-4H3,(H,14,15). The van der Waals surface area contributed by atoms with E-state index in [0.717, 1.165) is 48.5 Å². The molecule has 0 spiro atoms. The van der Waals surface area contributed by atoms with Crippen LogP contribution in [0.15, 0.2) is 10.4 Å². The fourth-order valence-electron chi connectivity index (χ4n) is 1.66. The van der Waals surface area contributed by atoms with E-state index in [1.165, 1.54) is 0 Å². The van der Waals surface area contributed by atoms with Crippen LogP contribution in [0.3, 0.4) is 0 Å². The molecule has 0 fully saturated rings. The zero-order valence-corrected chi connectivity index (χ0v) is 13.9. The molecule has 0 saturated carbocycles. The van der Waals surface area contributed by atoms with Crippen molar-refractivity contribution in [3.05, 3.63) is 16.1 Å². The number of hydrogen-bond donors (Lipinski definition) is 1. The third-order valence-corrected chi connectivity index (χ3v) is 4.05. The van der Waals surface area contributed by atoms with Crippen molar-refractivity contribution in [3.8, 4) is 0 Å². The van der Waals surface area contributed by atoms with Crippen LogP contribution < -0.4 is 5.32 Å². The van der Waals surface area contributed by atoms with E-state index >= 15 is 0 Å². The number of thioether (sulfide) groups is 1. The number of hydrogen-bond acceptors (Lipinski definition) is 4. The van der Waals surface area contributed by atoms with Crippen molar-refractivity contribution in [1.82, 2.24) is 15.2 Å². The molecule has 4 nitrogen and oxygen atoms in total. The second-order valence-electron chi connectivity index (χ2n) is 4.30. The van der Waals surface area contributed by atoms with Crippen molar-refractivity contribution >= 4 is 29.1 Å². The van der Waals surface area contributed by atoms with E-state index in [-0.39, 0.29) is 0 Å². The highest BCUT2D eigenvalue weighted by molar-refractivity contribution is 7.98. The molecule has 1 aromatic heterocycles. The SMILES string of the molecule is CCNC(=NCCCSC)N(C)Cc1csc(C)n1. The van der Waals surface area contributed by atoms with Crippen LogP contribution in [0.25, 0.3) is 0 Å². The lowest BCUT2D eigenvalue weighted by molar-refractivity contribution is 0.471. The Bertz CT molecular complexity index is 390. The molecule has 0 amide bonds. The predicted octanol–water partition coefficient (Wildman–Crippen LogP) is 2.60. The van der Waals surface area contributed by atoms with E-state index in [9.17, 15) is 0 Å². The first-order valence-corrected chi connectivity index (χ1v) is 8.84. The smallest absolute Gasteiger partial charge is 0.194 e. The normalized spacial score (nSPS) is 11.7. The molecule has 1 aromatic rings. The van der Waals surface area contributed by atoms with Crippen LogP contribution in [0.1, 0.15) is 24.0 Å². The minimum atomic E-state index is 0.804. The number of guanidine groups is 1. The highest BCUT2D eigenvalue weighted by Gasteiger charge is 2.08. The third-order valence-electron chi connectivity index (χ3n) is 2.53. The van der Waals surface area contributed by atoms with Crippen LogP contribution in [0, 0.1) is 6.92 Å². The Kier molecular flexibility index (Phi) is 7.90. The Morgan fingerprint density at radius 1 is 1.58 bits per heavy atom. The van der Waals surface area contributed by atoms with Gasteiger partial charge in [0, 0.05) is 25.5 Å². The molecule has 1 heterocycles. The number of aryl methyl sites for hydroxylation is 1. The molecule has 1 N–H and O–H groups in total. The molecule has 6 heteroatoms. The summed E-state index contributed by atoms with van der Waals surface area (Å²) in [6.45, 7) is 6.71. The van der Waals surface area contributed by atoms with Gasteiger partial charge in [-0.2, -0.15) is 11.8 Å². The van der Waals surface area contributed by atoms with Gasteiger partial charge >= 0.3 is 0 Å². The first-order chi connectivity index (χ1) is 9.17. The highest BCUT2D eigenvalue weighted by Crippen LogP contribution is 2.09. The quantitative estimate of drug-likeness (QED) is 0.477. The van der Waals surface area contributed by atoms with Crippen LogP contribution >= 0.6 is 23.1 Å². The molecular formula is C13H24N4S2. The molecule has 0 atom stereocenters. The Labute approximate surface area is 124 Å². The summed E-state index contributed by atoms with van der Waals surface area (Å²) in [7, 11) is 2.06. The second kappa shape index (κ2) is 9.20. The predicted molar refractivity (Wildman–Crippen MR) is 87.3 cm³/mol. The van der Waals surface area contributed by atoms with Crippen molar-refractivity contribution < 1.29 is 0 Å². The van der Waals surface area contributed by atoms with Gasteiger partial charge in [0.1, 0.15) is 0 Å². The van der Waals surface area contributed by atoms with Gasteiger partial charge < -0.3 is 10.2 Å². The van der Waals surface area contributed by atoms with Gasteiger partial charge in [-0.05, 0) is 32.3 Å². The first kappa shape index (κ1) is 16.3. The Morgan fingerprint density at radius 3 is 2.95 bits per heavy atom. The van der Waals surface area contributed by atoms with Gasteiger partial charge in [0.05, 0.1) is 17.2 Å². The lowest BCUT2D eigenvalue weighted by Gasteiger charge is -2.21. The van der Waals surface area contributed by atoms with E-state index in [2.05, 4.69) is 45.8 Å². The summed E-state index contributed by atoms with van der Waals surface area (Å²) >= 11 is 3.56. The van der Waals surface area contributed by atoms with Crippen LogP contribution in [-0.4, -0.2) is 48.0 Å². The molecule has 0 aliphatic rings. The molecule has 0 aliphatic heterocycles. The van der Waals surface area contributed by atoms with Gasteiger partial charge in [0.2, 0.25) is 0 Å². The van der Waals surface area contributed by atoms with E-state index < -0.39 is 0 Å². The van der Waals surface area contributed by atoms with Gasteiger partial charge in [-0.25, -0.2) is 4.98 Å². The van der Waals surface area contributed by atoms with Crippen LogP contribution in [0.2, 0.25) is 0 Å². The first-order valence-electron chi connectivity index (χ1n) is 6.56. The highest BCUT2D eigenvalue weighted by atomic mass is 32.2. The molecule has 0 radical (unpaired) electrons. The fraction of sp³-hybridized carbons (Fsp3) is 0.692. The Balaban J connectivity index is 2.53. The van der Waals surface area contributed by atoms with E-state index in [0.29, 0.717) is 0 Å². The Morgan fingerprint density at radius 2 is 2.37 bits per heavy atom. The van der Waals surface area contributed by atoms with Crippen LogP contribution in [0.4, 0.5) is 0 Å². The number of aromatic nitrogens is 1. The average Bonchev–Trinajstić information content (AvgIpc) is 2.78. The molecular weight excluding hydrogens is 276 g/mol. The maximum absolute atomic E-state index is 4.65. The van der Waals surface area contributed by atoms with Gasteiger partial charge in [-0.15, -0.1) is 11.3 Å². The number of aliphatic imine (C=N–C) groups is 1. The second-order valence-corrected chi connectivity index (χ2v) is 6.34. The minimum Gasteiger partial charge on any atom is -0.357 e. The third kappa shape index (κ3) is 6.29. The molecule has 0 saturated heterocycles. The zero-order chi connectivity index (χ0) is 14.1. The van der Waals surface area contributed by atoms with E-state index in [1.54, 1.807) is 11.3 Å². The maximum atomic E-state index is 4.65. The summed E-state index contributed by atoms with van der Waals surface area (Å²) in [4.78, 5) is 11.3. The molecule has 0 aromatic carbocycles. The molecule has 108 valence electrons. The van der Waals surface area contributed by atoms with Gasteiger partial charge in [-0.1, -0.05) is 0 Å². The lowest BCUT2D eigenvalue weighted by Crippen LogP contribution is -2.38. The molecule has 0 bridgehead atoms. The lowest BCUT2D eigenvalue weighted by atomic mass is 10.4. The van der Waals surface area contributed by atoms with Crippen molar-refractivity contribution in [3.63, 3.8) is 0 Å². The molecule has 1 rings (SSSR count). The van der Waals surface area contributed by atoms with E-state index in [4.69, 9.17) is 0 Å². The average molecular weight is 300 g/mol. The monoisotopic (exact) mass is 300 g/mol. The summed E-state index contributed by atoms with van der Waals surface area (Å²) in [6.07, 6.45) is 3.26. The fourth-order valence-corrected chi connectivity index (χ4v) is 2.68. The van der Waals surface area contributed by atoms with Gasteiger partial charge in [-0.3, -0.25) is 4.99 Å². The summed E-state index contributed by atoms with van der Waals surface area (Å²) in [5, 5.41) is 6.56. The largest absolute Gasteiger partial charge is 0.357 e. The summed E-state index contributed by atoms with van der Waals surface area (Å²) in [5.41, 5.74) is 1.11. The van der Waals surface area contributed by atoms with Gasteiger partial charge in [0.25, 0.3) is 0 Å². The van der Waals surface area contributed by atoms with Crippen LogP contribution in [0.5, 0.6) is 0 Å². The summed E-state index contributed by atoms with van der Waals surface area (Å²) in [5.74, 6) is 2.13. The maximum Gasteiger partial charge on any atom is 0.194 e. The number of rotatable bonds is 7. The number of nitrogens with one attached hydrogen (secondary N) is 1. The summed E-state index contributed by atoms with van der Waals surface area (Å²) in [6, 6.07) is 0. The zero-order valence-electron chi connectivity index (χ0n) is 12.3. The van der Waals surface area contributed by atoms with Gasteiger partial charge in [0.15, 0.2) is 5.96 Å². The molecule has 0 aliphatic carbocycles. The van der Waals surface area contributed by atoms with Crippen molar-refractivity contribution in [2.75, 3.05) is 32.1 Å². The van der Waals surface area contributed by atoms with Crippen LogP contribution in [-0.2, 0) is 6.54 Å². The van der Waals surface area contributed by atoms with Crippen molar-refractivity contribution in [2.45, 2.75) is 26.8 Å². The molecule has 0 unspecified atom stereocenters. The van der Waals surface area contributed by atoms with Crippen molar-refractivity contribution in [1.29, 1.82) is 0 Å². The topological polar surface area (TPSA) is 40.5 Å². The Hall–Kier alpha value is -0.750. The minimum absolute atomic E-state index is 0.804.